The van der Waals surface area contributed by atoms with E-state index in [0.29, 0.717) is 0 Å². The smallest absolute Gasteiger partial charge is 0.0177 e. The average Bonchev–Trinajstić information content (AvgIpc) is 2.81. The largest absolute Gasteiger partial charge is 0.375 e. The average molecular weight is 221 g/mol. The van der Waals surface area contributed by atoms with E-state index < -0.39 is 0 Å². The van der Waals surface area contributed by atoms with Gasteiger partial charge in [0, 0.05) is 18.8 Å². The van der Waals surface area contributed by atoms with Crippen LogP contribution in [0.25, 0.3) is 0 Å². The minimum Gasteiger partial charge on any atom is -0.375 e. The summed E-state index contributed by atoms with van der Waals surface area (Å²) in [5, 5.41) is 0. The van der Waals surface area contributed by atoms with Gasteiger partial charge in [0.25, 0.3) is 0 Å². The second kappa shape index (κ2) is 5.75. The van der Waals surface area contributed by atoms with Crippen molar-refractivity contribution in [2.45, 2.75) is 58.8 Å². The standard InChI is InChI=1S/C15H27N/c1-3-6-15(14-7-4-5-8-14)16-11-9-13(2)10-12-16/h6,13-14H,3-5,7-12H2,1-2H3. The van der Waals surface area contributed by atoms with Crippen molar-refractivity contribution in [1.29, 1.82) is 0 Å². The maximum Gasteiger partial charge on any atom is 0.0177 e. The highest BCUT2D eigenvalue weighted by atomic mass is 15.1. The number of allylic oxidation sites excluding steroid dienone is 2. The number of rotatable bonds is 3. The molecule has 2 rings (SSSR count). The molecule has 0 aromatic heterocycles. The molecule has 2 fully saturated rings. The summed E-state index contributed by atoms with van der Waals surface area (Å²) in [7, 11) is 0. The first-order valence-electron chi connectivity index (χ1n) is 7.26. The van der Waals surface area contributed by atoms with Gasteiger partial charge >= 0.3 is 0 Å². The van der Waals surface area contributed by atoms with E-state index in [1.807, 2.05) is 0 Å². The third-order valence-corrected chi connectivity index (χ3v) is 4.34. The van der Waals surface area contributed by atoms with Crippen LogP contribution in [0.1, 0.15) is 58.8 Å². The Bertz CT molecular complexity index is 230. The Hall–Kier alpha value is -0.460. The zero-order valence-corrected chi connectivity index (χ0v) is 11.0. The molecule has 16 heavy (non-hydrogen) atoms. The zero-order valence-electron chi connectivity index (χ0n) is 11.0. The molecule has 0 spiro atoms. The molecule has 1 nitrogen and oxygen atoms in total. The van der Waals surface area contributed by atoms with Gasteiger partial charge in [0.15, 0.2) is 0 Å². The molecule has 0 unspecified atom stereocenters. The Morgan fingerprint density at radius 3 is 2.31 bits per heavy atom. The van der Waals surface area contributed by atoms with E-state index in [-0.39, 0.29) is 0 Å². The fourth-order valence-corrected chi connectivity index (χ4v) is 3.25. The van der Waals surface area contributed by atoms with Gasteiger partial charge in [-0.05, 0) is 43.9 Å². The highest BCUT2D eigenvalue weighted by Gasteiger charge is 2.25. The summed E-state index contributed by atoms with van der Waals surface area (Å²) < 4.78 is 0. The monoisotopic (exact) mass is 221 g/mol. The fourth-order valence-electron chi connectivity index (χ4n) is 3.25. The lowest BCUT2D eigenvalue weighted by atomic mass is 9.95. The van der Waals surface area contributed by atoms with Crippen LogP contribution < -0.4 is 0 Å². The summed E-state index contributed by atoms with van der Waals surface area (Å²) in [5.41, 5.74) is 1.70. The lowest BCUT2D eigenvalue weighted by Gasteiger charge is -2.36. The van der Waals surface area contributed by atoms with Crippen molar-refractivity contribution in [2.24, 2.45) is 11.8 Å². The third-order valence-electron chi connectivity index (χ3n) is 4.34. The minimum atomic E-state index is 0.897. The van der Waals surface area contributed by atoms with Gasteiger partial charge in [-0.2, -0.15) is 0 Å². The summed E-state index contributed by atoms with van der Waals surface area (Å²) in [6, 6.07) is 0. The van der Waals surface area contributed by atoms with Crippen LogP contribution in [0, 0.1) is 11.8 Å². The van der Waals surface area contributed by atoms with E-state index >= 15 is 0 Å². The van der Waals surface area contributed by atoms with Crippen LogP contribution in [0.2, 0.25) is 0 Å². The number of hydrogen-bond donors (Lipinski definition) is 0. The number of piperidine rings is 1. The summed E-state index contributed by atoms with van der Waals surface area (Å²) in [5.74, 6) is 1.84. The van der Waals surface area contributed by atoms with Gasteiger partial charge in [-0.25, -0.2) is 0 Å². The Labute approximate surface area is 101 Å². The molecule has 1 saturated carbocycles. The summed E-state index contributed by atoms with van der Waals surface area (Å²) in [6.45, 7) is 7.30. The van der Waals surface area contributed by atoms with Crippen LogP contribution in [0.5, 0.6) is 0 Å². The molecule has 0 radical (unpaired) electrons. The molecule has 2 aliphatic rings. The quantitative estimate of drug-likeness (QED) is 0.690. The Balaban J connectivity index is 1.98. The van der Waals surface area contributed by atoms with Crippen molar-refractivity contribution in [3.63, 3.8) is 0 Å². The minimum absolute atomic E-state index is 0.897. The van der Waals surface area contributed by atoms with Gasteiger partial charge in [0.2, 0.25) is 0 Å². The van der Waals surface area contributed by atoms with Crippen LogP contribution in [0.15, 0.2) is 11.8 Å². The van der Waals surface area contributed by atoms with Crippen LogP contribution in [-0.4, -0.2) is 18.0 Å². The molecule has 0 aromatic carbocycles. The van der Waals surface area contributed by atoms with Crippen LogP contribution in [0.4, 0.5) is 0 Å². The van der Waals surface area contributed by atoms with Gasteiger partial charge in [-0.15, -0.1) is 0 Å². The van der Waals surface area contributed by atoms with E-state index in [1.165, 1.54) is 58.0 Å². The molecule has 0 N–H and O–H groups in total. The van der Waals surface area contributed by atoms with Gasteiger partial charge in [0.1, 0.15) is 0 Å². The molecule has 1 heterocycles. The Morgan fingerprint density at radius 2 is 1.75 bits per heavy atom. The molecule has 0 aromatic rings. The van der Waals surface area contributed by atoms with Gasteiger partial charge in [-0.1, -0.05) is 32.8 Å². The summed E-state index contributed by atoms with van der Waals surface area (Å²) in [6.07, 6.45) is 12.3. The first kappa shape index (κ1) is 12.0. The highest BCUT2D eigenvalue weighted by molar-refractivity contribution is 5.08. The maximum atomic E-state index is 2.69. The molecule has 0 atom stereocenters. The fraction of sp³-hybridized carbons (Fsp3) is 0.867. The van der Waals surface area contributed by atoms with Crippen molar-refractivity contribution in [3.8, 4) is 0 Å². The third kappa shape index (κ3) is 2.81. The molecular formula is C15H27N. The van der Waals surface area contributed by atoms with E-state index in [9.17, 15) is 0 Å². The molecule has 1 heteroatoms. The predicted molar refractivity (Wildman–Crippen MR) is 70.3 cm³/mol. The molecule has 0 amide bonds. The molecule has 92 valence electrons. The molecule has 0 bridgehead atoms. The molecule has 1 aliphatic heterocycles. The first-order valence-corrected chi connectivity index (χ1v) is 7.26. The SMILES string of the molecule is CCC=C(C1CCCC1)N1CCC(C)CC1. The lowest BCUT2D eigenvalue weighted by molar-refractivity contribution is 0.215. The van der Waals surface area contributed by atoms with Crippen LogP contribution >= 0.6 is 0 Å². The lowest BCUT2D eigenvalue weighted by Crippen LogP contribution is -2.34. The second-order valence-corrected chi connectivity index (χ2v) is 5.69. The first-order chi connectivity index (χ1) is 7.81. The zero-order chi connectivity index (χ0) is 11.4. The van der Waals surface area contributed by atoms with Gasteiger partial charge < -0.3 is 4.90 Å². The topological polar surface area (TPSA) is 3.24 Å². The highest BCUT2D eigenvalue weighted by Crippen LogP contribution is 2.34. The molecule has 1 saturated heterocycles. The van der Waals surface area contributed by atoms with Crippen LogP contribution in [0.3, 0.4) is 0 Å². The van der Waals surface area contributed by atoms with Gasteiger partial charge in [0.05, 0.1) is 0 Å². The number of hydrogen-bond acceptors (Lipinski definition) is 1. The maximum absolute atomic E-state index is 2.69. The van der Waals surface area contributed by atoms with Crippen molar-refractivity contribution in [1.82, 2.24) is 4.90 Å². The molecule has 1 aliphatic carbocycles. The van der Waals surface area contributed by atoms with Crippen molar-refractivity contribution >= 4 is 0 Å². The normalized spacial score (nSPS) is 25.4. The predicted octanol–water partition coefficient (Wildman–Crippen LogP) is 4.20. The number of likely N-dealkylation sites (tertiary alicyclic amines) is 1. The Morgan fingerprint density at radius 1 is 1.12 bits per heavy atom. The Kier molecular flexibility index (Phi) is 4.31. The molecular weight excluding hydrogens is 194 g/mol. The van der Waals surface area contributed by atoms with E-state index in [0.717, 1.165) is 11.8 Å². The summed E-state index contributed by atoms with van der Waals surface area (Å²) >= 11 is 0. The van der Waals surface area contributed by atoms with E-state index in [2.05, 4.69) is 24.8 Å². The van der Waals surface area contributed by atoms with Crippen LogP contribution in [-0.2, 0) is 0 Å². The van der Waals surface area contributed by atoms with Crippen molar-refractivity contribution in [3.05, 3.63) is 11.8 Å². The van der Waals surface area contributed by atoms with Crippen molar-refractivity contribution < 1.29 is 0 Å². The number of nitrogens with zero attached hydrogens (tertiary/aromatic N) is 1. The second-order valence-electron chi connectivity index (χ2n) is 5.69. The van der Waals surface area contributed by atoms with E-state index in [4.69, 9.17) is 0 Å². The van der Waals surface area contributed by atoms with Crippen molar-refractivity contribution in [2.75, 3.05) is 13.1 Å². The van der Waals surface area contributed by atoms with E-state index in [1.54, 1.807) is 5.70 Å². The summed E-state index contributed by atoms with van der Waals surface area (Å²) in [4.78, 5) is 2.69. The van der Waals surface area contributed by atoms with Gasteiger partial charge in [-0.3, -0.25) is 0 Å².